The molecule has 2 amide bonds. The molecule has 212 valence electrons. The molecular formula is C31H35F3N4O2. The molecule has 1 aliphatic heterocycles. The summed E-state index contributed by atoms with van der Waals surface area (Å²) in [6.45, 7) is 4.24. The van der Waals surface area contributed by atoms with Crippen molar-refractivity contribution < 1.29 is 22.8 Å². The molecule has 3 fully saturated rings. The first-order valence-corrected chi connectivity index (χ1v) is 13.9. The van der Waals surface area contributed by atoms with E-state index in [0.29, 0.717) is 12.8 Å². The Bertz CT molecular complexity index is 1290. The first kappa shape index (κ1) is 28.2. The number of hydrogen-bond acceptors (Lipinski definition) is 4. The molecule has 2 aliphatic carbocycles. The number of carbonyl (C=O) groups is 2. The van der Waals surface area contributed by atoms with Crippen molar-refractivity contribution in [2.24, 2.45) is 0 Å². The first-order chi connectivity index (χ1) is 19.0. The summed E-state index contributed by atoms with van der Waals surface area (Å²) in [5, 5.41) is 14.6. The van der Waals surface area contributed by atoms with Gasteiger partial charge < -0.3 is 10.2 Å². The molecule has 6 nitrogen and oxygen atoms in total. The van der Waals surface area contributed by atoms with Gasteiger partial charge >= 0.3 is 0 Å². The van der Waals surface area contributed by atoms with Crippen molar-refractivity contribution >= 4 is 11.8 Å². The Kier molecular flexibility index (Phi) is 7.43. The lowest BCUT2D eigenvalue weighted by atomic mass is 9.91. The van der Waals surface area contributed by atoms with Crippen molar-refractivity contribution in [1.29, 1.82) is 5.26 Å². The summed E-state index contributed by atoms with van der Waals surface area (Å²) in [6.07, 6.45) is 0.559. The van der Waals surface area contributed by atoms with Crippen LogP contribution in [-0.4, -0.2) is 53.5 Å². The van der Waals surface area contributed by atoms with E-state index in [1.165, 1.54) is 13.8 Å². The van der Waals surface area contributed by atoms with Crippen LogP contribution in [-0.2, 0) is 15.0 Å². The lowest BCUT2D eigenvalue weighted by Crippen LogP contribution is -2.52. The van der Waals surface area contributed by atoms with Gasteiger partial charge in [0.05, 0.1) is 23.6 Å². The number of benzene rings is 2. The molecule has 2 aromatic rings. The maximum absolute atomic E-state index is 14.5. The molecule has 2 saturated carbocycles. The molecule has 0 aromatic heterocycles. The van der Waals surface area contributed by atoms with Gasteiger partial charge in [-0.05, 0) is 68.2 Å². The molecule has 0 unspecified atom stereocenters. The Hall–Kier alpha value is -3.38. The van der Waals surface area contributed by atoms with Crippen LogP contribution in [0.15, 0.2) is 48.5 Å². The standard InChI is InChI=1S/C31H35F3N4O2/c1-29(2,34)18-24(27(39)37-30(19-35)12-13-30)36-25(26(32)33)22-6-4-20(5-7-22)21-8-10-23(11-9-21)31(14-15-31)28(40)38-16-3-17-38/h4-11,24-26,36H,3,12-18H2,1-2H3,(H,37,39)/t24-,25-/m0/s1. The van der Waals surface area contributed by atoms with E-state index < -0.39 is 41.0 Å². The molecule has 5 rings (SSSR count). The Morgan fingerprint density at radius 2 is 1.57 bits per heavy atom. The molecule has 0 bridgehead atoms. The fraction of sp³-hybridized carbons (Fsp3) is 0.516. The van der Waals surface area contributed by atoms with Gasteiger partial charge in [0.25, 0.3) is 6.43 Å². The van der Waals surface area contributed by atoms with Gasteiger partial charge in [0.1, 0.15) is 11.2 Å². The first-order valence-electron chi connectivity index (χ1n) is 13.9. The predicted octanol–water partition coefficient (Wildman–Crippen LogP) is 5.19. The minimum Gasteiger partial charge on any atom is -0.342 e. The van der Waals surface area contributed by atoms with E-state index in [-0.39, 0.29) is 17.9 Å². The number of rotatable bonds is 11. The fourth-order valence-electron chi connectivity index (χ4n) is 5.39. The van der Waals surface area contributed by atoms with Gasteiger partial charge in [0.15, 0.2) is 0 Å². The lowest BCUT2D eigenvalue weighted by Gasteiger charge is -2.34. The maximum Gasteiger partial charge on any atom is 0.257 e. The topological polar surface area (TPSA) is 85.2 Å². The van der Waals surface area contributed by atoms with Crippen molar-refractivity contribution in [3.05, 3.63) is 59.7 Å². The van der Waals surface area contributed by atoms with Gasteiger partial charge in [0.2, 0.25) is 11.8 Å². The summed E-state index contributed by atoms with van der Waals surface area (Å²) < 4.78 is 43.0. The second-order valence-corrected chi connectivity index (χ2v) is 12.1. The van der Waals surface area contributed by atoms with Crippen LogP contribution in [0.4, 0.5) is 13.2 Å². The minimum atomic E-state index is -2.85. The number of nitrogens with zero attached hydrogens (tertiary/aromatic N) is 2. The molecule has 40 heavy (non-hydrogen) atoms. The number of nitrogens with one attached hydrogen (secondary N) is 2. The third-order valence-corrected chi connectivity index (χ3v) is 8.31. The maximum atomic E-state index is 14.5. The number of likely N-dealkylation sites (tertiary alicyclic amines) is 1. The summed E-state index contributed by atoms with van der Waals surface area (Å²) >= 11 is 0. The number of nitriles is 1. The summed E-state index contributed by atoms with van der Waals surface area (Å²) in [7, 11) is 0. The normalized spacial score (nSPS) is 20.2. The molecule has 2 aromatic carbocycles. The Balaban J connectivity index is 1.30. The summed E-state index contributed by atoms with van der Waals surface area (Å²) in [6, 6.07) is 13.8. The van der Waals surface area contributed by atoms with Gasteiger partial charge in [0, 0.05) is 19.5 Å². The van der Waals surface area contributed by atoms with E-state index in [9.17, 15) is 28.0 Å². The molecule has 3 aliphatic rings. The molecule has 9 heteroatoms. The lowest BCUT2D eigenvalue weighted by molar-refractivity contribution is -0.137. The highest BCUT2D eigenvalue weighted by Gasteiger charge is 2.53. The van der Waals surface area contributed by atoms with Crippen LogP contribution < -0.4 is 10.6 Å². The van der Waals surface area contributed by atoms with Crippen LogP contribution in [0.1, 0.15) is 69.5 Å². The van der Waals surface area contributed by atoms with E-state index >= 15 is 0 Å². The Morgan fingerprint density at radius 1 is 1.00 bits per heavy atom. The van der Waals surface area contributed by atoms with E-state index in [2.05, 4.69) is 10.6 Å². The largest absolute Gasteiger partial charge is 0.342 e. The molecule has 2 N–H and O–H groups in total. The predicted molar refractivity (Wildman–Crippen MR) is 145 cm³/mol. The summed E-state index contributed by atoms with van der Waals surface area (Å²) in [5.74, 6) is -0.447. The zero-order chi connectivity index (χ0) is 28.7. The van der Waals surface area contributed by atoms with Crippen LogP contribution in [0.3, 0.4) is 0 Å². The van der Waals surface area contributed by atoms with Gasteiger partial charge in [-0.1, -0.05) is 48.5 Å². The average Bonchev–Trinajstić information content (AvgIpc) is 3.81. The monoisotopic (exact) mass is 552 g/mol. The molecule has 1 saturated heterocycles. The van der Waals surface area contributed by atoms with Crippen LogP contribution in [0.2, 0.25) is 0 Å². The number of halogens is 3. The molecule has 0 spiro atoms. The van der Waals surface area contributed by atoms with Crippen LogP contribution in [0, 0.1) is 11.3 Å². The third kappa shape index (κ3) is 5.87. The highest BCUT2D eigenvalue weighted by molar-refractivity contribution is 5.92. The van der Waals surface area contributed by atoms with Crippen molar-refractivity contribution in [2.45, 2.75) is 87.5 Å². The van der Waals surface area contributed by atoms with E-state index in [4.69, 9.17) is 0 Å². The van der Waals surface area contributed by atoms with Crippen LogP contribution in [0.25, 0.3) is 11.1 Å². The molecular weight excluding hydrogens is 517 g/mol. The summed E-state index contributed by atoms with van der Waals surface area (Å²) in [4.78, 5) is 27.7. The molecule has 0 radical (unpaired) electrons. The number of carbonyl (C=O) groups excluding carboxylic acids is 2. The zero-order valence-corrected chi connectivity index (χ0v) is 22.9. The number of alkyl halides is 3. The van der Waals surface area contributed by atoms with Gasteiger partial charge in [-0.15, -0.1) is 0 Å². The highest BCUT2D eigenvalue weighted by atomic mass is 19.3. The van der Waals surface area contributed by atoms with Crippen molar-refractivity contribution in [3.8, 4) is 17.2 Å². The smallest absolute Gasteiger partial charge is 0.257 e. The van der Waals surface area contributed by atoms with E-state index in [0.717, 1.165) is 49.0 Å². The molecule has 1 heterocycles. The third-order valence-electron chi connectivity index (χ3n) is 8.31. The zero-order valence-electron chi connectivity index (χ0n) is 22.9. The van der Waals surface area contributed by atoms with E-state index in [1.807, 2.05) is 35.2 Å². The van der Waals surface area contributed by atoms with Crippen molar-refractivity contribution in [3.63, 3.8) is 0 Å². The van der Waals surface area contributed by atoms with Crippen molar-refractivity contribution in [2.75, 3.05) is 13.1 Å². The number of amides is 2. The highest BCUT2D eigenvalue weighted by Crippen LogP contribution is 2.50. The van der Waals surface area contributed by atoms with Gasteiger partial charge in [-0.2, -0.15) is 5.26 Å². The van der Waals surface area contributed by atoms with Gasteiger partial charge in [-0.25, -0.2) is 13.2 Å². The quantitative estimate of drug-likeness (QED) is 0.402. The Morgan fingerprint density at radius 3 is 2.00 bits per heavy atom. The van der Waals surface area contributed by atoms with Gasteiger partial charge in [-0.3, -0.25) is 14.9 Å². The second kappa shape index (κ2) is 10.5. The minimum absolute atomic E-state index is 0.212. The average molecular weight is 553 g/mol. The summed E-state index contributed by atoms with van der Waals surface area (Å²) in [5.41, 5.74) is -0.184. The SMILES string of the molecule is CC(C)(F)C[C@H](N[C@@H](c1ccc(-c2ccc(C3(C(=O)N4CCC4)CC3)cc2)cc1)C(F)F)C(=O)NC1(C#N)CC1. The van der Waals surface area contributed by atoms with Crippen molar-refractivity contribution in [1.82, 2.24) is 15.5 Å². The number of hydrogen-bond donors (Lipinski definition) is 2. The van der Waals surface area contributed by atoms with Crippen LogP contribution in [0.5, 0.6) is 0 Å². The second-order valence-electron chi connectivity index (χ2n) is 12.1. The van der Waals surface area contributed by atoms with Crippen LogP contribution >= 0.6 is 0 Å². The molecule has 2 atom stereocenters. The Labute approximate surface area is 232 Å². The fourth-order valence-corrected chi connectivity index (χ4v) is 5.39. The van der Waals surface area contributed by atoms with E-state index in [1.54, 1.807) is 24.3 Å².